The van der Waals surface area contributed by atoms with E-state index in [1.54, 1.807) is 19.4 Å². The average molecular weight is 280 g/mol. The third kappa shape index (κ3) is 3.48. The van der Waals surface area contributed by atoms with Crippen molar-refractivity contribution in [3.8, 4) is 0 Å². The van der Waals surface area contributed by atoms with E-state index in [4.69, 9.17) is 16.0 Å². The fraction of sp³-hybridized carbons (Fsp3) is 0.231. The Kier molecular flexibility index (Phi) is 4.41. The molecule has 2 aromatic rings. The highest BCUT2D eigenvalue weighted by Gasteiger charge is 2.09. The van der Waals surface area contributed by atoms with Crippen LogP contribution in [0.15, 0.2) is 35.1 Å². The monoisotopic (exact) mass is 279 g/mol. The molecule has 2 rings (SSSR count). The number of halogens is 1. The van der Waals surface area contributed by atoms with Crippen LogP contribution in [0.1, 0.15) is 16.1 Å². The molecule has 0 unspecified atom stereocenters. The fourth-order valence-electron chi connectivity index (χ4n) is 1.60. The minimum Gasteiger partial charge on any atom is -0.469 e. The molecule has 100 valence electrons. The zero-order valence-electron chi connectivity index (χ0n) is 10.4. The SMILES string of the molecule is CNc1ncc(C(=O)NCCc2ccco2)cc1Cl. The fourth-order valence-corrected chi connectivity index (χ4v) is 1.86. The molecule has 0 atom stereocenters. The largest absolute Gasteiger partial charge is 0.469 e. The van der Waals surface area contributed by atoms with Gasteiger partial charge in [-0.15, -0.1) is 0 Å². The summed E-state index contributed by atoms with van der Waals surface area (Å²) in [6.07, 6.45) is 3.74. The van der Waals surface area contributed by atoms with Crippen LogP contribution in [0.5, 0.6) is 0 Å². The number of hydrogen-bond donors (Lipinski definition) is 2. The Hall–Kier alpha value is -2.01. The number of anilines is 1. The van der Waals surface area contributed by atoms with Gasteiger partial charge in [-0.05, 0) is 18.2 Å². The molecule has 2 N–H and O–H groups in total. The van der Waals surface area contributed by atoms with E-state index in [1.165, 1.54) is 6.20 Å². The lowest BCUT2D eigenvalue weighted by Gasteiger charge is -2.06. The second-order valence-electron chi connectivity index (χ2n) is 3.89. The van der Waals surface area contributed by atoms with Gasteiger partial charge in [-0.25, -0.2) is 4.98 Å². The minimum atomic E-state index is -0.205. The van der Waals surface area contributed by atoms with Crippen LogP contribution in [-0.2, 0) is 6.42 Å². The highest BCUT2D eigenvalue weighted by atomic mass is 35.5. The van der Waals surface area contributed by atoms with E-state index in [0.29, 0.717) is 29.4 Å². The molecule has 0 fully saturated rings. The number of aromatic nitrogens is 1. The van der Waals surface area contributed by atoms with Crippen LogP contribution in [0.25, 0.3) is 0 Å². The number of furan rings is 1. The van der Waals surface area contributed by atoms with Crippen molar-refractivity contribution in [3.05, 3.63) is 47.0 Å². The molecule has 0 aromatic carbocycles. The summed E-state index contributed by atoms with van der Waals surface area (Å²) in [5.74, 6) is 1.18. The van der Waals surface area contributed by atoms with Gasteiger partial charge >= 0.3 is 0 Å². The maximum absolute atomic E-state index is 11.9. The van der Waals surface area contributed by atoms with Crippen LogP contribution >= 0.6 is 11.6 Å². The maximum Gasteiger partial charge on any atom is 0.252 e. The highest BCUT2D eigenvalue weighted by molar-refractivity contribution is 6.33. The van der Waals surface area contributed by atoms with Crippen molar-refractivity contribution in [1.29, 1.82) is 0 Å². The average Bonchev–Trinajstić information content (AvgIpc) is 2.91. The molecule has 1 amide bonds. The molecular formula is C13H14ClN3O2. The number of carbonyl (C=O) groups excluding carboxylic acids is 1. The first kappa shape index (κ1) is 13.4. The highest BCUT2D eigenvalue weighted by Crippen LogP contribution is 2.19. The van der Waals surface area contributed by atoms with E-state index < -0.39 is 0 Å². The quantitative estimate of drug-likeness (QED) is 0.882. The van der Waals surface area contributed by atoms with Gasteiger partial charge in [0.1, 0.15) is 11.6 Å². The molecule has 2 heterocycles. The predicted molar refractivity (Wildman–Crippen MR) is 73.5 cm³/mol. The van der Waals surface area contributed by atoms with Gasteiger partial charge in [-0.1, -0.05) is 11.6 Å². The van der Waals surface area contributed by atoms with Crippen LogP contribution in [0.2, 0.25) is 5.02 Å². The Morgan fingerprint density at radius 1 is 1.53 bits per heavy atom. The predicted octanol–water partition coefficient (Wildman–Crippen LogP) is 2.34. The van der Waals surface area contributed by atoms with Gasteiger partial charge in [0.2, 0.25) is 0 Å². The lowest BCUT2D eigenvalue weighted by Crippen LogP contribution is -2.25. The van der Waals surface area contributed by atoms with Gasteiger partial charge in [0, 0.05) is 26.2 Å². The summed E-state index contributed by atoms with van der Waals surface area (Å²) in [7, 11) is 1.72. The lowest BCUT2D eigenvalue weighted by molar-refractivity contribution is 0.0953. The Labute approximate surface area is 116 Å². The third-order valence-electron chi connectivity index (χ3n) is 2.58. The van der Waals surface area contributed by atoms with E-state index >= 15 is 0 Å². The number of nitrogens with one attached hydrogen (secondary N) is 2. The first-order valence-electron chi connectivity index (χ1n) is 5.84. The molecule has 0 saturated heterocycles. The van der Waals surface area contributed by atoms with E-state index in [-0.39, 0.29) is 5.91 Å². The Bertz CT molecular complexity index is 555. The van der Waals surface area contributed by atoms with Gasteiger partial charge in [0.15, 0.2) is 0 Å². The summed E-state index contributed by atoms with van der Waals surface area (Å²) in [5.41, 5.74) is 0.434. The Morgan fingerprint density at radius 3 is 3.00 bits per heavy atom. The van der Waals surface area contributed by atoms with E-state index in [2.05, 4.69) is 15.6 Å². The summed E-state index contributed by atoms with van der Waals surface area (Å²) in [4.78, 5) is 15.9. The number of nitrogens with zero attached hydrogens (tertiary/aromatic N) is 1. The number of amides is 1. The van der Waals surface area contributed by atoms with Crippen LogP contribution in [0, 0.1) is 0 Å². The molecular weight excluding hydrogens is 266 g/mol. The minimum absolute atomic E-state index is 0.205. The molecule has 2 aromatic heterocycles. The van der Waals surface area contributed by atoms with Crippen molar-refractivity contribution in [2.75, 3.05) is 18.9 Å². The van der Waals surface area contributed by atoms with Gasteiger partial charge in [-0.3, -0.25) is 4.79 Å². The molecule has 0 saturated carbocycles. The zero-order chi connectivity index (χ0) is 13.7. The van der Waals surface area contributed by atoms with Crippen LogP contribution in [0.3, 0.4) is 0 Å². The summed E-state index contributed by atoms with van der Waals surface area (Å²) in [6, 6.07) is 5.27. The van der Waals surface area contributed by atoms with Gasteiger partial charge in [0.05, 0.1) is 16.8 Å². The first-order chi connectivity index (χ1) is 9.20. The normalized spacial score (nSPS) is 10.2. The molecule has 0 aliphatic carbocycles. The molecule has 0 aliphatic heterocycles. The van der Waals surface area contributed by atoms with E-state index in [0.717, 1.165) is 5.76 Å². The molecule has 5 nitrogen and oxygen atoms in total. The van der Waals surface area contributed by atoms with Gasteiger partial charge in [0.25, 0.3) is 5.91 Å². The van der Waals surface area contributed by atoms with E-state index in [1.807, 2.05) is 12.1 Å². The summed E-state index contributed by atoms with van der Waals surface area (Å²) in [5, 5.41) is 6.04. The van der Waals surface area contributed by atoms with Gasteiger partial charge in [-0.2, -0.15) is 0 Å². The van der Waals surface area contributed by atoms with Crippen molar-refractivity contribution >= 4 is 23.3 Å². The summed E-state index contributed by atoms with van der Waals surface area (Å²) in [6.45, 7) is 0.498. The van der Waals surface area contributed by atoms with Crippen molar-refractivity contribution in [2.24, 2.45) is 0 Å². The van der Waals surface area contributed by atoms with Crippen LogP contribution in [0.4, 0.5) is 5.82 Å². The molecule has 0 aliphatic rings. The molecule has 19 heavy (non-hydrogen) atoms. The van der Waals surface area contributed by atoms with Crippen molar-refractivity contribution in [2.45, 2.75) is 6.42 Å². The lowest BCUT2D eigenvalue weighted by atomic mass is 10.2. The maximum atomic E-state index is 11.9. The Balaban J connectivity index is 1.91. The Morgan fingerprint density at radius 2 is 2.37 bits per heavy atom. The molecule has 0 bridgehead atoms. The zero-order valence-corrected chi connectivity index (χ0v) is 11.2. The van der Waals surface area contributed by atoms with Crippen LogP contribution in [-0.4, -0.2) is 24.5 Å². The third-order valence-corrected chi connectivity index (χ3v) is 2.87. The summed E-state index contributed by atoms with van der Waals surface area (Å²) < 4.78 is 5.18. The first-order valence-corrected chi connectivity index (χ1v) is 6.22. The summed E-state index contributed by atoms with van der Waals surface area (Å²) >= 11 is 5.97. The van der Waals surface area contributed by atoms with Crippen molar-refractivity contribution in [1.82, 2.24) is 10.3 Å². The number of rotatable bonds is 5. The topological polar surface area (TPSA) is 67.2 Å². The van der Waals surface area contributed by atoms with Gasteiger partial charge < -0.3 is 15.1 Å². The smallest absolute Gasteiger partial charge is 0.252 e. The molecule has 6 heteroatoms. The van der Waals surface area contributed by atoms with Crippen LogP contribution < -0.4 is 10.6 Å². The van der Waals surface area contributed by atoms with E-state index in [9.17, 15) is 4.79 Å². The number of hydrogen-bond acceptors (Lipinski definition) is 4. The number of carbonyl (C=O) groups is 1. The molecule has 0 radical (unpaired) electrons. The number of pyridine rings is 1. The second kappa shape index (κ2) is 6.24. The van der Waals surface area contributed by atoms with Crippen molar-refractivity contribution in [3.63, 3.8) is 0 Å². The van der Waals surface area contributed by atoms with Crippen molar-refractivity contribution < 1.29 is 9.21 Å². The molecule has 0 spiro atoms. The second-order valence-corrected chi connectivity index (χ2v) is 4.30. The standard InChI is InChI=1S/C13H14ClN3O2/c1-15-12-11(14)7-9(8-17-12)13(18)16-5-4-10-3-2-6-19-10/h2-3,6-8H,4-5H2,1H3,(H,15,17)(H,16,18).